The summed E-state index contributed by atoms with van der Waals surface area (Å²) in [6.07, 6.45) is 1.51. The van der Waals surface area contributed by atoms with Gasteiger partial charge in [0.05, 0.1) is 23.9 Å². The van der Waals surface area contributed by atoms with Gasteiger partial charge < -0.3 is 9.26 Å². The Kier molecular flexibility index (Phi) is 3.86. The minimum atomic E-state index is -3.69. The molecular formula is C14H12N2O4S2. The molecule has 0 saturated carbocycles. The van der Waals surface area contributed by atoms with Crippen LogP contribution in [0.15, 0.2) is 57.4 Å². The summed E-state index contributed by atoms with van der Waals surface area (Å²) in [4.78, 5) is 0.693. The van der Waals surface area contributed by atoms with Crippen LogP contribution in [0.5, 0.6) is 5.75 Å². The molecule has 2 heterocycles. The standard InChI is InChI=1S/C14H12N2O4S2/c1-19-11-5-3-2-4-10(11)16-22(17,18)14-7-6-13(21-14)12-8-9-15-20-12/h2-9,16H,1H3. The van der Waals surface area contributed by atoms with E-state index in [1.807, 2.05) is 0 Å². The van der Waals surface area contributed by atoms with Gasteiger partial charge in [-0.25, -0.2) is 8.42 Å². The van der Waals surface area contributed by atoms with E-state index >= 15 is 0 Å². The normalized spacial score (nSPS) is 11.3. The molecule has 22 heavy (non-hydrogen) atoms. The summed E-state index contributed by atoms with van der Waals surface area (Å²) >= 11 is 1.11. The maximum atomic E-state index is 12.5. The molecule has 114 valence electrons. The van der Waals surface area contributed by atoms with Crippen molar-refractivity contribution >= 4 is 27.0 Å². The number of benzene rings is 1. The fourth-order valence-electron chi connectivity index (χ4n) is 1.86. The number of para-hydroxylation sites is 2. The highest BCUT2D eigenvalue weighted by molar-refractivity contribution is 7.94. The lowest BCUT2D eigenvalue weighted by molar-refractivity contribution is 0.417. The first-order valence-electron chi connectivity index (χ1n) is 6.27. The van der Waals surface area contributed by atoms with E-state index in [4.69, 9.17) is 9.26 Å². The van der Waals surface area contributed by atoms with Gasteiger partial charge in [-0.15, -0.1) is 11.3 Å². The van der Waals surface area contributed by atoms with Gasteiger partial charge in [0.1, 0.15) is 9.96 Å². The first-order chi connectivity index (χ1) is 10.6. The number of nitrogens with one attached hydrogen (secondary N) is 1. The van der Waals surface area contributed by atoms with Gasteiger partial charge in [0.25, 0.3) is 10.0 Å². The van der Waals surface area contributed by atoms with Crippen LogP contribution in [-0.4, -0.2) is 20.7 Å². The van der Waals surface area contributed by atoms with Gasteiger partial charge in [-0.3, -0.25) is 4.72 Å². The summed E-state index contributed by atoms with van der Waals surface area (Å²) in [6, 6.07) is 11.7. The second-order valence-electron chi connectivity index (χ2n) is 4.30. The molecule has 2 aromatic heterocycles. The maximum Gasteiger partial charge on any atom is 0.271 e. The number of aromatic nitrogens is 1. The summed E-state index contributed by atoms with van der Waals surface area (Å²) in [5, 5.41) is 3.61. The number of nitrogens with zero attached hydrogens (tertiary/aromatic N) is 1. The Morgan fingerprint density at radius 1 is 1.18 bits per heavy atom. The highest BCUT2D eigenvalue weighted by Crippen LogP contribution is 2.32. The van der Waals surface area contributed by atoms with E-state index in [-0.39, 0.29) is 4.21 Å². The molecule has 0 aliphatic rings. The Labute approximate surface area is 131 Å². The molecule has 3 aromatic rings. The van der Waals surface area contributed by atoms with Crippen molar-refractivity contribution in [2.45, 2.75) is 4.21 Å². The molecule has 0 bridgehead atoms. The third-order valence-electron chi connectivity index (χ3n) is 2.88. The molecule has 3 rings (SSSR count). The van der Waals surface area contributed by atoms with Crippen LogP contribution in [0.4, 0.5) is 5.69 Å². The van der Waals surface area contributed by atoms with E-state index in [0.717, 1.165) is 11.3 Å². The summed E-state index contributed by atoms with van der Waals surface area (Å²) < 4.78 is 37.8. The van der Waals surface area contributed by atoms with Crippen molar-refractivity contribution in [3.05, 3.63) is 48.7 Å². The van der Waals surface area contributed by atoms with Gasteiger partial charge in [0, 0.05) is 6.07 Å². The third-order valence-corrected chi connectivity index (χ3v) is 5.84. The molecule has 0 spiro atoms. The van der Waals surface area contributed by atoms with Crippen LogP contribution in [0, 0.1) is 0 Å². The molecule has 0 fully saturated rings. The first kappa shape index (κ1) is 14.6. The zero-order chi connectivity index (χ0) is 15.6. The van der Waals surface area contributed by atoms with Gasteiger partial charge in [0.2, 0.25) is 0 Å². The Morgan fingerprint density at radius 3 is 2.73 bits per heavy atom. The van der Waals surface area contributed by atoms with Gasteiger partial charge in [-0.2, -0.15) is 0 Å². The molecule has 0 atom stereocenters. The van der Waals surface area contributed by atoms with E-state index in [1.165, 1.54) is 19.4 Å². The summed E-state index contributed by atoms with van der Waals surface area (Å²) in [5.41, 5.74) is 0.389. The van der Waals surface area contributed by atoms with Crippen LogP contribution in [0.25, 0.3) is 10.6 Å². The minimum Gasteiger partial charge on any atom is -0.495 e. The van der Waals surface area contributed by atoms with E-state index in [2.05, 4.69) is 9.88 Å². The minimum absolute atomic E-state index is 0.185. The molecule has 0 saturated heterocycles. The zero-order valence-electron chi connectivity index (χ0n) is 11.5. The quantitative estimate of drug-likeness (QED) is 0.774. The van der Waals surface area contributed by atoms with E-state index < -0.39 is 10.0 Å². The SMILES string of the molecule is COc1ccccc1NS(=O)(=O)c1ccc(-c2ccno2)s1. The summed E-state index contributed by atoms with van der Waals surface area (Å²) in [6.45, 7) is 0. The van der Waals surface area contributed by atoms with Crippen molar-refractivity contribution in [2.24, 2.45) is 0 Å². The lowest BCUT2D eigenvalue weighted by atomic mass is 10.3. The molecule has 6 nitrogen and oxygen atoms in total. The van der Waals surface area contributed by atoms with Crippen LogP contribution in [-0.2, 0) is 10.0 Å². The number of hydrogen-bond donors (Lipinski definition) is 1. The van der Waals surface area contributed by atoms with Crippen LogP contribution in [0.3, 0.4) is 0 Å². The topological polar surface area (TPSA) is 81.4 Å². The van der Waals surface area contributed by atoms with Crippen molar-refractivity contribution in [3.63, 3.8) is 0 Å². The third kappa shape index (κ3) is 2.83. The van der Waals surface area contributed by atoms with E-state index in [0.29, 0.717) is 22.1 Å². The average molecular weight is 336 g/mol. The fourth-order valence-corrected chi connectivity index (χ4v) is 4.20. The molecule has 0 radical (unpaired) electrons. The predicted octanol–water partition coefficient (Wildman–Crippen LogP) is 3.21. The van der Waals surface area contributed by atoms with Crippen LogP contribution >= 0.6 is 11.3 Å². The van der Waals surface area contributed by atoms with Crippen molar-refractivity contribution in [1.29, 1.82) is 0 Å². The van der Waals surface area contributed by atoms with Gasteiger partial charge in [-0.05, 0) is 24.3 Å². The largest absolute Gasteiger partial charge is 0.495 e. The van der Waals surface area contributed by atoms with Crippen molar-refractivity contribution < 1.29 is 17.7 Å². The van der Waals surface area contributed by atoms with Gasteiger partial charge in [-0.1, -0.05) is 17.3 Å². The lowest BCUT2D eigenvalue weighted by Crippen LogP contribution is -2.12. The van der Waals surface area contributed by atoms with E-state index in [9.17, 15) is 8.42 Å². The number of rotatable bonds is 5. The predicted molar refractivity (Wildman–Crippen MR) is 83.6 cm³/mol. The van der Waals surface area contributed by atoms with Crippen molar-refractivity contribution in [3.8, 4) is 16.4 Å². The molecule has 0 amide bonds. The number of ether oxygens (including phenoxy) is 1. The molecular weight excluding hydrogens is 324 g/mol. The number of sulfonamides is 1. The second kappa shape index (κ2) is 5.82. The molecule has 0 aliphatic heterocycles. The number of methoxy groups -OCH3 is 1. The van der Waals surface area contributed by atoms with Gasteiger partial charge in [0.15, 0.2) is 5.76 Å². The smallest absolute Gasteiger partial charge is 0.271 e. The average Bonchev–Trinajstić information content (AvgIpc) is 3.18. The molecule has 1 aromatic carbocycles. The fraction of sp³-hybridized carbons (Fsp3) is 0.0714. The molecule has 1 N–H and O–H groups in total. The Hall–Kier alpha value is -2.32. The second-order valence-corrected chi connectivity index (χ2v) is 7.29. The summed E-state index contributed by atoms with van der Waals surface area (Å²) in [7, 11) is -2.20. The molecule has 0 unspecified atom stereocenters. The Bertz CT molecular complexity index is 870. The van der Waals surface area contributed by atoms with Gasteiger partial charge >= 0.3 is 0 Å². The monoisotopic (exact) mass is 336 g/mol. The molecule has 8 heteroatoms. The zero-order valence-corrected chi connectivity index (χ0v) is 13.1. The number of anilines is 1. The number of thiophene rings is 1. The van der Waals surface area contributed by atoms with Crippen LogP contribution < -0.4 is 9.46 Å². The molecule has 0 aliphatic carbocycles. The maximum absolute atomic E-state index is 12.5. The first-order valence-corrected chi connectivity index (χ1v) is 8.57. The van der Waals surface area contributed by atoms with Crippen molar-refractivity contribution in [2.75, 3.05) is 11.8 Å². The Balaban J connectivity index is 1.90. The van der Waals surface area contributed by atoms with E-state index in [1.54, 1.807) is 36.4 Å². The number of hydrogen-bond acceptors (Lipinski definition) is 6. The summed E-state index contributed by atoms with van der Waals surface area (Å²) in [5.74, 6) is 0.988. The lowest BCUT2D eigenvalue weighted by Gasteiger charge is -2.10. The highest BCUT2D eigenvalue weighted by atomic mass is 32.2. The van der Waals surface area contributed by atoms with Crippen molar-refractivity contribution in [1.82, 2.24) is 5.16 Å². The Morgan fingerprint density at radius 2 is 2.00 bits per heavy atom. The van der Waals surface area contributed by atoms with Crippen LogP contribution in [0.1, 0.15) is 0 Å². The van der Waals surface area contributed by atoms with Crippen LogP contribution in [0.2, 0.25) is 0 Å². The highest BCUT2D eigenvalue weighted by Gasteiger charge is 2.19.